The van der Waals surface area contributed by atoms with Gasteiger partial charge in [-0.3, -0.25) is 0 Å². The summed E-state index contributed by atoms with van der Waals surface area (Å²) < 4.78 is 26.6. The Hall–Kier alpha value is -0.130. The van der Waals surface area contributed by atoms with Gasteiger partial charge in [-0.2, -0.15) is 0 Å². The summed E-state index contributed by atoms with van der Waals surface area (Å²) >= 11 is 0. The Morgan fingerprint density at radius 1 is 1.24 bits per heavy atom. The van der Waals surface area contributed by atoms with Crippen LogP contribution in [0.4, 0.5) is 0 Å². The minimum absolute atomic E-state index is 0.356. The van der Waals surface area contributed by atoms with Crippen molar-refractivity contribution in [2.24, 2.45) is 5.92 Å². The topological polar surface area (TPSA) is 58.2 Å². The van der Waals surface area contributed by atoms with Crippen molar-refractivity contribution in [2.75, 3.05) is 19.6 Å². The first kappa shape index (κ1) is 14.9. The molecule has 0 aromatic heterocycles. The molecular formula is C12H26N2O2S. The van der Waals surface area contributed by atoms with Crippen molar-refractivity contribution in [1.29, 1.82) is 0 Å². The molecule has 0 aromatic rings. The van der Waals surface area contributed by atoms with Crippen molar-refractivity contribution >= 4 is 10.0 Å². The molecule has 0 aliphatic heterocycles. The zero-order valence-electron chi connectivity index (χ0n) is 11.0. The first-order chi connectivity index (χ1) is 8.06. The molecule has 0 amide bonds. The molecule has 1 fully saturated rings. The van der Waals surface area contributed by atoms with Crippen LogP contribution in [0.2, 0.25) is 0 Å². The van der Waals surface area contributed by atoms with Gasteiger partial charge in [-0.15, -0.1) is 0 Å². The molecular weight excluding hydrogens is 236 g/mol. The van der Waals surface area contributed by atoms with Crippen molar-refractivity contribution < 1.29 is 8.42 Å². The standard InChI is InChI=1S/C12H26N2O2S/c1-3-13-9-11(2)17(15,16)14-10-12-7-5-4-6-8-12/h11-14H,3-10H2,1-2H3. The Morgan fingerprint density at radius 2 is 1.88 bits per heavy atom. The van der Waals surface area contributed by atoms with Gasteiger partial charge in [0.2, 0.25) is 10.0 Å². The normalized spacial score (nSPS) is 20.4. The van der Waals surface area contributed by atoms with Crippen LogP contribution in [0.15, 0.2) is 0 Å². The molecule has 0 heterocycles. The average Bonchev–Trinajstić information content (AvgIpc) is 2.35. The summed E-state index contributed by atoms with van der Waals surface area (Å²) in [6.45, 7) is 5.69. The van der Waals surface area contributed by atoms with E-state index < -0.39 is 10.0 Å². The van der Waals surface area contributed by atoms with Gasteiger partial charge < -0.3 is 5.32 Å². The molecule has 102 valence electrons. The molecule has 2 N–H and O–H groups in total. The predicted octanol–water partition coefficient (Wildman–Crippen LogP) is 1.48. The monoisotopic (exact) mass is 262 g/mol. The van der Waals surface area contributed by atoms with Gasteiger partial charge in [0, 0.05) is 13.1 Å². The largest absolute Gasteiger partial charge is 0.316 e. The van der Waals surface area contributed by atoms with E-state index in [1.54, 1.807) is 6.92 Å². The molecule has 0 bridgehead atoms. The van der Waals surface area contributed by atoms with Crippen LogP contribution >= 0.6 is 0 Å². The second-order valence-electron chi connectivity index (χ2n) is 5.02. The van der Waals surface area contributed by atoms with Crippen molar-refractivity contribution in [1.82, 2.24) is 10.0 Å². The van der Waals surface area contributed by atoms with Gasteiger partial charge in [0.05, 0.1) is 5.25 Å². The van der Waals surface area contributed by atoms with E-state index in [9.17, 15) is 8.42 Å². The van der Waals surface area contributed by atoms with Gasteiger partial charge in [-0.1, -0.05) is 26.2 Å². The highest BCUT2D eigenvalue weighted by Gasteiger charge is 2.22. The summed E-state index contributed by atoms with van der Waals surface area (Å²) in [5.74, 6) is 0.546. The van der Waals surface area contributed by atoms with Crippen LogP contribution in [0.25, 0.3) is 0 Å². The Balaban J connectivity index is 2.32. The van der Waals surface area contributed by atoms with Crippen LogP contribution in [-0.2, 0) is 10.0 Å². The zero-order chi connectivity index (χ0) is 12.7. The highest BCUT2D eigenvalue weighted by atomic mass is 32.2. The second-order valence-corrected chi connectivity index (χ2v) is 7.20. The highest BCUT2D eigenvalue weighted by Crippen LogP contribution is 2.23. The molecule has 1 aliphatic carbocycles. The summed E-state index contributed by atoms with van der Waals surface area (Å²) in [7, 11) is -3.14. The molecule has 0 saturated heterocycles. The van der Waals surface area contributed by atoms with Crippen LogP contribution in [0.5, 0.6) is 0 Å². The smallest absolute Gasteiger partial charge is 0.215 e. The van der Waals surface area contributed by atoms with Crippen molar-refractivity contribution in [3.8, 4) is 0 Å². The maximum Gasteiger partial charge on any atom is 0.215 e. The third-order valence-electron chi connectivity index (χ3n) is 3.51. The van der Waals surface area contributed by atoms with Gasteiger partial charge in [-0.05, 0) is 32.2 Å². The van der Waals surface area contributed by atoms with E-state index in [4.69, 9.17) is 0 Å². The molecule has 17 heavy (non-hydrogen) atoms. The fourth-order valence-corrected chi connectivity index (χ4v) is 3.31. The van der Waals surface area contributed by atoms with Crippen LogP contribution in [0.1, 0.15) is 46.0 Å². The van der Waals surface area contributed by atoms with E-state index in [2.05, 4.69) is 10.0 Å². The zero-order valence-corrected chi connectivity index (χ0v) is 11.9. The minimum atomic E-state index is -3.14. The van der Waals surface area contributed by atoms with Crippen LogP contribution in [0.3, 0.4) is 0 Å². The quantitative estimate of drug-likeness (QED) is 0.731. The summed E-state index contributed by atoms with van der Waals surface area (Å²) in [5, 5.41) is 2.72. The molecule has 1 saturated carbocycles. The Kier molecular flexibility index (Phi) is 6.44. The molecule has 0 spiro atoms. The average molecular weight is 262 g/mol. The molecule has 5 heteroatoms. The Labute approximate surface area is 106 Å². The molecule has 1 unspecified atom stereocenters. The van der Waals surface area contributed by atoms with Gasteiger partial charge in [0.15, 0.2) is 0 Å². The number of hydrogen-bond acceptors (Lipinski definition) is 3. The lowest BCUT2D eigenvalue weighted by Gasteiger charge is -2.23. The maximum atomic E-state index is 11.9. The first-order valence-corrected chi connectivity index (χ1v) is 8.30. The molecule has 4 nitrogen and oxygen atoms in total. The molecule has 0 radical (unpaired) electrons. The lowest BCUT2D eigenvalue weighted by Crippen LogP contribution is -2.41. The number of hydrogen-bond donors (Lipinski definition) is 2. The van der Waals surface area contributed by atoms with Crippen molar-refractivity contribution in [3.63, 3.8) is 0 Å². The van der Waals surface area contributed by atoms with Crippen molar-refractivity contribution in [3.05, 3.63) is 0 Å². The number of sulfonamides is 1. The molecule has 1 rings (SSSR count). The first-order valence-electron chi connectivity index (χ1n) is 6.75. The van der Waals surface area contributed by atoms with E-state index in [1.165, 1.54) is 32.1 Å². The second kappa shape index (κ2) is 7.34. The Bertz CT molecular complexity index is 298. The fraction of sp³-hybridized carbons (Fsp3) is 1.00. The van der Waals surface area contributed by atoms with Crippen LogP contribution in [0, 0.1) is 5.92 Å². The number of nitrogens with one attached hydrogen (secondary N) is 2. The molecule has 0 aromatic carbocycles. The fourth-order valence-electron chi connectivity index (χ4n) is 2.22. The summed E-state index contributed by atoms with van der Waals surface area (Å²) in [4.78, 5) is 0. The third kappa shape index (κ3) is 5.36. The molecule has 1 aliphatic rings. The minimum Gasteiger partial charge on any atom is -0.316 e. The van der Waals surface area contributed by atoms with E-state index in [-0.39, 0.29) is 5.25 Å². The summed E-state index contributed by atoms with van der Waals surface area (Å²) in [6.07, 6.45) is 6.15. The lowest BCUT2D eigenvalue weighted by molar-refractivity contribution is 0.356. The van der Waals surface area contributed by atoms with E-state index in [0.29, 0.717) is 19.0 Å². The maximum absolute atomic E-state index is 11.9. The lowest BCUT2D eigenvalue weighted by atomic mass is 9.90. The number of rotatable bonds is 7. The van der Waals surface area contributed by atoms with Gasteiger partial charge in [0.25, 0.3) is 0 Å². The van der Waals surface area contributed by atoms with E-state index in [1.807, 2.05) is 6.92 Å². The van der Waals surface area contributed by atoms with Crippen LogP contribution < -0.4 is 10.0 Å². The van der Waals surface area contributed by atoms with E-state index in [0.717, 1.165) is 6.54 Å². The van der Waals surface area contributed by atoms with Gasteiger partial charge >= 0.3 is 0 Å². The van der Waals surface area contributed by atoms with Crippen molar-refractivity contribution in [2.45, 2.75) is 51.2 Å². The van der Waals surface area contributed by atoms with Gasteiger partial charge in [0.1, 0.15) is 0 Å². The van der Waals surface area contributed by atoms with Gasteiger partial charge in [-0.25, -0.2) is 13.1 Å². The summed E-state index contributed by atoms with van der Waals surface area (Å²) in [6, 6.07) is 0. The predicted molar refractivity (Wildman–Crippen MR) is 71.5 cm³/mol. The van der Waals surface area contributed by atoms with Crippen LogP contribution in [-0.4, -0.2) is 33.3 Å². The molecule has 1 atom stereocenters. The summed E-state index contributed by atoms with van der Waals surface area (Å²) in [5.41, 5.74) is 0. The Morgan fingerprint density at radius 3 is 2.47 bits per heavy atom. The third-order valence-corrected chi connectivity index (χ3v) is 5.30. The highest BCUT2D eigenvalue weighted by molar-refractivity contribution is 7.90. The van der Waals surface area contributed by atoms with E-state index >= 15 is 0 Å². The SMILES string of the molecule is CCNCC(C)S(=O)(=O)NCC1CCCCC1.